The molecule has 0 amide bonds. The van der Waals surface area contributed by atoms with Crippen LogP contribution in [-0.4, -0.2) is 11.0 Å². The Morgan fingerprint density at radius 1 is 1.11 bits per heavy atom. The van der Waals surface area contributed by atoms with E-state index in [0.29, 0.717) is 0 Å². The summed E-state index contributed by atoms with van der Waals surface area (Å²) < 4.78 is 0. The van der Waals surface area contributed by atoms with Crippen molar-refractivity contribution in [1.82, 2.24) is 0 Å². The van der Waals surface area contributed by atoms with Crippen LogP contribution in [0.15, 0.2) is 0 Å². The first-order chi connectivity index (χ1) is 4.45. The van der Waals surface area contributed by atoms with Gasteiger partial charge in [-0.3, -0.25) is 0 Å². The fourth-order valence-corrected chi connectivity index (χ4v) is 3.44. The fourth-order valence-electron chi connectivity index (χ4n) is 2.06. The summed E-state index contributed by atoms with van der Waals surface area (Å²) in [5, 5.41) is 1.07. The van der Waals surface area contributed by atoms with E-state index in [1.807, 2.05) is 0 Å². The van der Waals surface area contributed by atoms with E-state index in [9.17, 15) is 0 Å². The predicted molar refractivity (Wildman–Crippen MR) is 42.8 cm³/mol. The van der Waals surface area contributed by atoms with Gasteiger partial charge in [-0.05, 0) is 43.8 Å². The van der Waals surface area contributed by atoms with E-state index >= 15 is 0 Å². The summed E-state index contributed by atoms with van der Waals surface area (Å²) in [5.74, 6) is 2.58. The van der Waals surface area contributed by atoms with Crippen LogP contribution < -0.4 is 0 Å². The van der Waals surface area contributed by atoms with Gasteiger partial charge in [0.1, 0.15) is 0 Å². The SMILES string of the molecule is C1CSC2CCC(C1)C2. The van der Waals surface area contributed by atoms with Crippen molar-refractivity contribution in [2.24, 2.45) is 5.92 Å². The van der Waals surface area contributed by atoms with Crippen molar-refractivity contribution in [2.45, 2.75) is 37.4 Å². The third-order valence-electron chi connectivity index (χ3n) is 2.60. The highest BCUT2D eigenvalue weighted by Crippen LogP contribution is 2.39. The number of thioether (sulfide) groups is 1. The summed E-state index contributed by atoms with van der Waals surface area (Å²) >= 11 is 2.23. The smallest absolute Gasteiger partial charge is 0.00497 e. The first kappa shape index (κ1) is 6.09. The van der Waals surface area contributed by atoms with Crippen molar-refractivity contribution in [2.75, 3.05) is 5.75 Å². The van der Waals surface area contributed by atoms with Crippen LogP contribution in [0.2, 0.25) is 0 Å². The molecule has 2 fully saturated rings. The van der Waals surface area contributed by atoms with Crippen LogP contribution in [0.1, 0.15) is 32.1 Å². The summed E-state index contributed by atoms with van der Waals surface area (Å²) in [7, 11) is 0. The molecule has 1 heteroatoms. The monoisotopic (exact) mass is 142 g/mol. The third kappa shape index (κ3) is 1.26. The normalized spacial score (nSPS) is 42.7. The van der Waals surface area contributed by atoms with Crippen LogP contribution in [0.25, 0.3) is 0 Å². The standard InChI is InChI=1S/C8H14S/c1-2-7-3-4-8(6-7)9-5-1/h7-8H,1-6H2. The lowest BCUT2D eigenvalue weighted by atomic mass is 10.0. The number of fused-ring (bicyclic) bond motifs is 2. The van der Waals surface area contributed by atoms with Crippen molar-refractivity contribution < 1.29 is 0 Å². The second kappa shape index (κ2) is 2.53. The van der Waals surface area contributed by atoms with E-state index in [4.69, 9.17) is 0 Å². The van der Waals surface area contributed by atoms with E-state index in [1.54, 1.807) is 6.42 Å². The first-order valence-corrected chi connectivity index (χ1v) is 5.11. The van der Waals surface area contributed by atoms with Crippen LogP contribution in [0.5, 0.6) is 0 Å². The van der Waals surface area contributed by atoms with Gasteiger partial charge in [0.25, 0.3) is 0 Å². The maximum atomic E-state index is 2.23. The molecule has 2 aliphatic rings. The van der Waals surface area contributed by atoms with Gasteiger partial charge >= 0.3 is 0 Å². The molecule has 0 spiro atoms. The van der Waals surface area contributed by atoms with E-state index in [0.717, 1.165) is 11.2 Å². The average Bonchev–Trinajstić information content (AvgIpc) is 2.09. The molecule has 0 aromatic heterocycles. The molecule has 2 rings (SSSR count). The van der Waals surface area contributed by atoms with Crippen LogP contribution >= 0.6 is 11.8 Å². The maximum Gasteiger partial charge on any atom is 0.00497 e. The largest absolute Gasteiger partial charge is 0.159 e. The minimum absolute atomic E-state index is 1.07. The molecule has 52 valence electrons. The molecule has 2 atom stereocenters. The summed E-state index contributed by atoms with van der Waals surface area (Å²) in [4.78, 5) is 0. The Balaban J connectivity index is 1.99. The minimum Gasteiger partial charge on any atom is -0.159 e. The molecule has 1 saturated carbocycles. The van der Waals surface area contributed by atoms with Crippen molar-refractivity contribution >= 4 is 11.8 Å². The molecule has 0 N–H and O–H groups in total. The molecule has 1 aliphatic carbocycles. The Hall–Kier alpha value is 0.350. The predicted octanol–water partition coefficient (Wildman–Crippen LogP) is 2.68. The third-order valence-corrected chi connectivity index (χ3v) is 4.03. The van der Waals surface area contributed by atoms with Gasteiger partial charge in [0.2, 0.25) is 0 Å². The van der Waals surface area contributed by atoms with Crippen molar-refractivity contribution in [3.63, 3.8) is 0 Å². The molecular weight excluding hydrogens is 128 g/mol. The summed E-state index contributed by atoms with van der Waals surface area (Å²) in [5.41, 5.74) is 0. The van der Waals surface area contributed by atoms with E-state index in [2.05, 4.69) is 11.8 Å². The Morgan fingerprint density at radius 3 is 3.11 bits per heavy atom. The molecule has 1 heterocycles. The lowest BCUT2D eigenvalue weighted by Gasteiger charge is -2.05. The van der Waals surface area contributed by atoms with E-state index in [1.165, 1.54) is 31.4 Å². The van der Waals surface area contributed by atoms with Gasteiger partial charge in [-0.25, -0.2) is 0 Å². The second-order valence-electron chi connectivity index (χ2n) is 3.31. The lowest BCUT2D eigenvalue weighted by Crippen LogP contribution is -1.92. The molecule has 1 saturated heterocycles. The van der Waals surface area contributed by atoms with Gasteiger partial charge in [-0.15, -0.1) is 0 Å². The molecule has 1 aliphatic heterocycles. The minimum atomic E-state index is 1.07. The zero-order chi connectivity index (χ0) is 6.10. The lowest BCUT2D eigenvalue weighted by molar-refractivity contribution is 0.504. The van der Waals surface area contributed by atoms with Gasteiger partial charge in [0.05, 0.1) is 0 Å². The molecule has 0 aromatic rings. The molecular formula is C8H14S. The van der Waals surface area contributed by atoms with Crippen molar-refractivity contribution in [1.29, 1.82) is 0 Å². The van der Waals surface area contributed by atoms with Crippen LogP contribution in [0.3, 0.4) is 0 Å². The number of hydrogen-bond acceptors (Lipinski definition) is 1. The van der Waals surface area contributed by atoms with E-state index in [-0.39, 0.29) is 0 Å². The maximum absolute atomic E-state index is 2.23. The zero-order valence-electron chi connectivity index (χ0n) is 5.81. The van der Waals surface area contributed by atoms with Gasteiger partial charge < -0.3 is 0 Å². The fraction of sp³-hybridized carbons (Fsp3) is 1.00. The highest BCUT2D eigenvalue weighted by Gasteiger charge is 2.26. The number of hydrogen-bond donors (Lipinski definition) is 0. The zero-order valence-corrected chi connectivity index (χ0v) is 6.62. The summed E-state index contributed by atoms with van der Waals surface area (Å²) in [6.07, 6.45) is 7.63. The molecule has 0 nitrogen and oxygen atoms in total. The Labute approximate surface area is 61.4 Å². The number of rotatable bonds is 0. The molecule has 2 unspecified atom stereocenters. The summed E-state index contributed by atoms with van der Waals surface area (Å²) in [6.45, 7) is 0. The Morgan fingerprint density at radius 2 is 2.11 bits per heavy atom. The average molecular weight is 142 g/mol. The second-order valence-corrected chi connectivity index (χ2v) is 4.72. The highest BCUT2D eigenvalue weighted by atomic mass is 32.2. The summed E-state index contributed by atoms with van der Waals surface area (Å²) in [6, 6.07) is 0. The Kier molecular flexibility index (Phi) is 1.71. The quantitative estimate of drug-likeness (QED) is 0.501. The molecule has 0 aromatic carbocycles. The molecule has 9 heavy (non-hydrogen) atoms. The van der Waals surface area contributed by atoms with Gasteiger partial charge in [-0.2, -0.15) is 11.8 Å². The first-order valence-electron chi connectivity index (χ1n) is 4.07. The van der Waals surface area contributed by atoms with Gasteiger partial charge in [-0.1, -0.05) is 0 Å². The van der Waals surface area contributed by atoms with Crippen LogP contribution in [0, 0.1) is 5.92 Å². The van der Waals surface area contributed by atoms with Crippen LogP contribution in [-0.2, 0) is 0 Å². The molecule has 0 radical (unpaired) electrons. The van der Waals surface area contributed by atoms with E-state index < -0.39 is 0 Å². The van der Waals surface area contributed by atoms with Crippen LogP contribution in [0.4, 0.5) is 0 Å². The highest BCUT2D eigenvalue weighted by molar-refractivity contribution is 7.99. The Bertz CT molecular complexity index is 88.7. The molecule has 2 bridgehead atoms. The van der Waals surface area contributed by atoms with Gasteiger partial charge in [0.15, 0.2) is 0 Å². The van der Waals surface area contributed by atoms with Crippen molar-refractivity contribution in [3.05, 3.63) is 0 Å². The van der Waals surface area contributed by atoms with Crippen molar-refractivity contribution in [3.8, 4) is 0 Å². The topological polar surface area (TPSA) is 0 Å². The van der Waals surface area contributed by atoms with Gasteiger partial charge in [0, 0.05) is 5.25 Å².